The predicted octanol–water partition coefficient (Wildman–Crippen LogP) is 3.85. The number of halogens is 1. The van der Waals surface area contributed by atoms with Crippen molar-refractivity contribution >= 4 is 39.7 Å². The van der Waals surface area contributed by atoms with Crippen LogP contribution in [0.1, 0.15) is 0 Å². The zero-order chi connectivity index (χ0) is 20.9. The fraction of sp³-hybridized carbons (Fsp3) is 0.286. The molecule has 1 aromatic heterocycles. The Bertz CT molecular complexity index is 1060. The summed E-state index contributed by atoms with van der Waals surface area (Å²) in [5, 5.41) is 7.47. The molecule has 1 amide bonds. The molecule has 0 spiro atoms. The first-order valence-electron chi connectivity index (χ1n) is 9.70. The van der Waals surface area contributed by atoms with E-state index in [4.69, 9.17) is 16.6 Å². The maximum absolute atomic E-state index is 12.2. The standard InChI is InChI=1S/C21H22BrN5O2S/c22-17-6-4-5-16(13-17)20-24-27(21(30)29-20)15-26-11-9-25(10-12-26)14-19(28)23-18-7-2-1-3-8-18/h1-8,13H,9-12,14-15H2,(H,23,28). The molecule has 0 bridgehead atoms. The fourth-order valence-electron chi connectivity index (χ4n) is 3.34. The van der Waals surface area contributed by atoms with Crippen molar-refractivity contribution in [3.8, 4) is 11.5 Å². The molecule has 30 heavy (non-hydrogen) atoms. The second-order valence-electron chi connectivity index (χ2n) is 7.13. The number of para-hydroxylation sites is 1. The molecule has 1 N–H and O–H groups in total. The molecule has 1 saturated heterocycles. The van der Waals surface area contributed by atoms with Crippen molar-refractivity contribution in [1.29, 1.82) is 0 Å². The molecule has 2 heterocycles. The van der Waals surface area contributed by atoms with Gasteiger partial charge in [-0.2, -0.15) is 0 Å². The summed E-state index contributed by atoms with van der Waals surface area (Å²) in [5.74, 6) is 0.518. The maximum Gasteiger partial charge on any atom is 0.288 e. The van der Waals surface area contributed by atoms with E-state index in [-0.39, 0.29) is 5.91 Å². The first-order chi connectivity index (χ1) is 14.6. The van der Waals surface area contributed by atoms with Gasteiger partial charge in [0.2, 0.25) is 11.8 Å². The summed E-state index contributed by atoms with van der Waals surface area (Å²) in [5.41, 5.74) is 1.70. The van der Waals surface area contributed by atoms with Gasteiger partial charge < -0.3 is 9.73 Å². The van der Waals surface area contributed by atoms with E-state index in [2.05, 4.69) is 36.1 Å². The molecule has 9 heteroatoms. The third-order valence-electron chi connectivity index (χ3n) is 4.90. The van der Waals surface area contributed by atoms with Gasteiger partial charge in [0.05, 0.1) is 13.2 Å². The lowest BCUT2D eigenvalue weighted by atomic mass is 10.2. The number of anilines is 1. The Hall–Kier alpha value is -2.33. The van der Waals surface area contributed by atoms with Gasteiger partial charge in [0.1, 0.15) is 0 Å². The van der Waals surface area contributed by atoms with Crippen molar-refractivity contribution in [2.24, 2.45) is 0 Å². The van der Waals surface area contributed by atoms with Crippen LogP contribution in [0, 0.1) is 4.84 Å². The highest BCUT2D eigenvalue weighted by Gasteiger charge is 2.20. The average Bonchev–Trinajstić information content (AvgIpc) is 3.10. The summed E-state index contributed by atoms with van der Waals surface area (Å²) in [4.78, 5) is 17.0. The number of aromatic nitrogens is 2. The highest BCUT2D eigenvalue weighted by Crippen LogP contribution is 2.22. The smallest absolute Gasteiger partial charge is 0.288 e. The van der Waals surface area contributed by atoms with Crippen LogP contribution in [-0.2, 0) is 11.5 Å². The number of piperazine rings is 1. The molecule has 4 rings (SSSR count). The van der Waals surface area contributed by atoms with Gasteiger partial charge >= 0.3 is 0 Å². The van der Waals surface area contributed by atoms with Crippen LogP contribution in [0.4, 0.5) is 5.69 Å². The van der Waals surface area contributed by atoms with Gasteiger partial charge in [0, 0.05) is 41.9 Å². The third kappa shape index (κ3) is 5.42. The second-order valence-corrected chi connectivity index (χ2v) is 8.40. The van der Waals surface area contributed by atoms with E-state index < -0.39 is 0 Å². The van der Waals surface area contributed by atoms with Crippen molar-refractivity contribution in [3.05, 3.63) is 63.9 Å². The molecular formula is C21H22BrN5O2S. The molecule has 0 radical (unpaired) electrons. The highest BCUT2D eigenvalue weighted by molar-refractivity contribution is 9.10. The number of carbonyl (C=O) groups excluding carboxylic acids is 1. The summed E-state index contributed by atoms with van der Waals surface area (Å²) >= 11 is 8.81. The van der Waals surface area contributed by atoms with E-state index in [0.717, 1.165) is 41.9 Å². The second kappa shape index (κ2) is 9.65. The Morgan fingerprint density at radius 3 is 2.53 bits per heavy atom. The van der Waals surface area contributed by atoms with E-state index in [1.54, 1.807) is 4.68 Å². The minimum Gasteiger partial charge on any atom is -0.409 e. The van der Waals surface area contributed by atoms with Crippen molar-refractivity contribution in [2.75, 3.05) is 38.0 Å². The molecule has 0 atom stereocenters. The molecule has 0 unspecified atom stereocenters. The van der Waals surface area contributed by atoms with E-state index in [0.29, 0.717) is 23.9 Å². The third-order valence-corrected chi connectivity index (χ3v) is 5.69. The largest absolute Gasteiger partial charge is 0.409 e. The minimum atomic E-state index is 0.00651. The molecule has 1 aliphatic heterocycles. The van der Waals surface area contributed by atoms with Crippen LogP contribution in [-0.4, -0.2) is 58.2 Å². The molecule has 1 aliphatic rings. The van der Waals surface area contributed by atoms with E-state index in [1.165, 1.54) is 0 Å². The lowest BCUT2D eigenvalue weighted by Gasteiger charge is -2.33. The van der Waals surface area contributed by atoms with Crippen LogP contribution < -0.4 is 5.32 Å². The number of benzene rings is 2. The molecule has 2 aromatic carbocycles. The normalized spacial score (nSPS) is 15.2. The van der Waals surface area contributed by atoms with Crippen molar-refractivity contribution in [3.63, 3.8) is 0 Å². The van der Waals surface area contributed by atoms with Gasteiger partial charge in [0.15, 0.2) is 0 Å². The van der Waals surface area contributed by atoms with Crippen molar-refractivity contribution in [1.82, 2.24) is 19.6 Å². The Balaban J connectivity index is 1.29. The van der Waals surface area contributed by atoms with Crippen LogP contribution in [0.2, 0.25) is 0 Å². The lowest BCUT2D eigenvalue weighted by Crippen LogP contribution is -2.48. The van der Waals surface area contributed by atoms with Crippen molar-refractivity contribution in [2.45, 2.75) is 6.67 Å². The summed E-state index contributed by atoms with van der Waals surface area (Å²) in [6, 6.07) is 17.3. The minimum absolute atomic E-state index is 0.00651. The number of hydrogen-bond donors (Lipinski definition) is 1. The molecule has 1 fully saturated rings. The molecule has 0 saturated carbocycles. The van der Waals surface area contributed by atoms with Crippen LogP contribution in [0.3, 0.4) is 0 Å². The molecule has 7 nitrogen and oxygen atoms in total. The molecule has 156 valence electrons. The van der Waals surface area contributed by atoms with Gasteiger partial charge in [-0.15, -0.1) is 5.10 Å². The fourth-order valence-corrected chi connectivity index (χ4v) is 3.91. The SMILES string of the molecule is O=C(CN1CCN(Cn2nc(-c3cccc(Br)c3)oc2=S)CC1)Nc1ccccc1. The van der Waals surface area contributed by atoms with Gasteiger partial charge in [-0.05, 0) is 42.5 Å². The summed E-state index contributed by atoms with van der Waals surface area (Å²) < 4.78 is 8.36. The molecule has 3 aromatic rings. The zero-order valence-electron chi connectivity index (χ0n) is 16.3. The Kier molecular flexibility index (Phi) is 6.73. The van der Waals surface area contributed by atoms with E-state index in [1.807, 2.05) is 54.6 Å². The number of rotatable bonds is 6. The maximum atomic E-state index is 12.2. The summed E-state index contributed by atoms with van der Waals surface area (Å²) in [6.07, 6.45) is 0. The lowest BCUT2D eigenvalue weighted by molar-refractivity contribution is -0.117. The quantitative estimate of drug-likeness (QED) is 0.532. The van der Waals surface area contributed by atoms with Gasteiger partial charge in [-0.3, -0.25) is 14.6 Å². The van der Waals surface area contributed by atoms with Crippen LogP contribution >= 0.6 is 28.1 Å². The summed E-state index contributed by atoms with van der Waals surface area (Å²) in [7, 11) is 0. The Morgan fingerprint density at radius 2 is 1.80 bits per heavy atom. The average molecular weight is 488 g/mol. The monoisotopic (exact) mass is 487 g/mol. The number of nitrogens with one attached hydrogen (secondary N) is 1. The Morgan fingerprint density at radius 1 is 1.07 bits per heavy atom. The first kappa shape index (κ1) is 20.9. The van der Waals surface area contributed by atoms with Gasteiger partial charge in [-0.25, -0.2) is 4.68 Å². The number of carbonyl (C=O) groups is 1. The van der Waals surface area contributed by atoms with Crippen LogP contribution in [0.5, 0.6) is 0 Å². The number of amides is 1. The van der Waals surface area contributed by atoms with Crippen LogP contribution in [0.15, 0.2) is 63.5 Å². The Labute approximate surface area is 188 Å². The summed E-state index contributed by atoms with van der Waals surface area (Å²) in [6.45, 7) is 4.25. The van der Waals surface area contributed by atoms with Gasteiger partial charge in [0.25, 0.3) is 4.84 Å². The van der Waals surface area contributed by atoms with Crippen LogP contribution in [0.25, 0.3) is 11.5 Å². The highest BCUT2D eigenvalue weighted by atomic mass is 79.9. The number of hydrogen-bond acceptors (Lipinski definition) is 6. The number of nitrogens with zero attached hydrogens (tertiary/aromatic N) is 4. The zero-order valence-corrected chi connectivity index (χ0v) is 18.7. The molecular weight excluding hydrogens is 466 g/mol. The predicted molar refractivity (Wildman–Crippen MR) is 122 cm³/mol. The van der Waals surface area contributed by atoms with E-state index >= 15 is 0 Å². The van der Waals surface area contributed by atoms with E-state index in [9.17, 15) is 4.79 Å². The van der Waals surface area contributed by atoms with Crippen molar-refractivity contribution < 1.29 is 9.21 Å². The topological polar surface area (TPSA) is 66.5 Å². The van der Waals surface area contributed by atoms with Gasteiger partial charge in [-0.1, -0.05) is 40.2 Å². The molecule has 0 aliphatic carbocycles. The first-order valence-corrected chi connectivity index (χ1v) is 10.9.